The monoisotopic (exact) mass is 341 g/mol. The molecule has 1 aromatic heterocycles. The Balaban J connectivity index is 2.04. The highest BCUT2D eigenvalue weighted by molar-refractivity contribution is 6.05. The second-order valence-electron chi connectivity index (χ2n) is 6.18. The number of anilines is 2. The van der Waals surface area contributed by atoms with E-state index in [9.17, 15) is 4.79 Å². The van der Waals surface area contributed by atoms with Gasteiger partial charge in [0, 0.05) is 18.3 Å². The first-order chi connectivity index (χ1) is 12.1. The predicted octanol–water partition coefficient (Wildman–Crippen LogP) is 4.72. The number of amides is 1. The third kappa shape index (κ3) is 6.10. The molecule has 2 N–H and O–H groups in total. The van der Waals surface area contributed by atoms with Crippen molar-refractivity contribution in [2.75, 3.05) is 17.2 Å². The van der Waals surface area contributed by atoms with Crippen LogP contribution in [0.2, 0.25) is 0 Å². The highest BCUT2D eigenvalue weighted by Gasteiger charge is 2.11. The Morgan fingerprint density at radius 1 is 1.20 bits per heavy atom. The Kier molecular flexibility index (Phi) is 7.26. The van der Waals surface area contributed by atoms with E-state index >= 15 is 0 Å². The number of benzene rings is 1. The maximum Gasteiger partial charge on any atom is 0.255 e. The van der Waals surface area contributed by atoms with E-state index in [1.807, 2.05) is 38.1 Å². The van der Waals surface area contributed by atoms with Crippen LogP contribution >= 0.6 is 0 Å². The van der Waals surface area contributed by atoms with Crippen molar-refractivity contribution < 1.29 is 9.53 Å². The fraction of sp³-hybridized carbons (Fsp3) is 0.400. The molecule has 0 fully saturated rings. The Labute approximate surface area is 149 Å². The molecule has 25 heavy (non-hydrogen) atoms. The number of nitrogens with zero attached hydrogens (tertiary/aromatic N) is 1. The summed E-state index contributed by atoms with van der Waals surface area (Å²) in [4.78, 5) is 16.8. The first kappa shape index (κ1) is 18.8. The maximum atomic E-state index is 12.6. The molecule has 2 rings (SSSR count). The molecule has 1 heterocycles. The van der Waals surface area contributed by atoms with E-state index in [1.54, 1.807) is 18.3 Å². The van der Waals surface area contributed by atoms with Gasteiger partial charge in [0.1, 0.15) is 11.6 Å². The Bertz CT molecular complexity index is 686. The standard InChI is InChI=1S/C20H27N3O2/c1-4-5-8-12-21-19-14-16(11-13-22-19)20(24)23-17-9-6-7-10-18(17)25-15(2)3/h6-7,9-11,13-15H,4-5,8,12H2,1-3H3,(H,21,22)(H,23,24). The van der Waals surface area contributed by atoms with E-state index < -0.39 is 0 Å². The lowest BCUT2D eigenvalue weighted by Gasteiger charge is -2.15. The minimum Gasteiger partial charge on any atom is -0.489 e. The molecule has 1 aromatic carbocycles. The highest BCUT2D eigenvalue weighted by Crippen LogP contribution is 2.25. The first-order valence-corrected chi connectivity index (χ1v) is 8.87. The minimum absolute atomic E-state index is 0.0397. The third-order valence-corrected chi connectivity index (χ3v) is 3.61. The van der Waals surface area contributed by atoms with Gasteiger partial charge < -0.3 is 15.4 Å². The smallest absolute Gasteiger partial charge is 0.255 e. The summed E-state index contributed by atoms with van der Waals surface area (Å²) < 4.78 is 5.74. The molecule has 0 aliphatic carbocycles. The van der Waals surface area contributed by atoms with Crippen molar-refractivity contribution in [1.29, 1.82) is 0 Å². The minimum atomic E-state index is -0.182. The molecule has 0 atom stereocenters. The lowest BCUT2D eigenvalue weighted by Crippen LogP contribution is -2.15. The number of pyridine rings is 1. The van der Waals surface area contributed by atoms with Crippen molar-refractivity contribution in [3.05, 3.63) is 48.2 Å². The van der Waals surface area contributed by atoms with E-state index in [4.69, 9.17) is 4.74 Å². The molecule has 0 radical (unpaired) electrons. The normalized spacial score (nSPS) is 10.6. The van der Waals surface area contributed by atoms with Gasteiger partial charge in [0.15, 0.2) is 0 Å². The first-order valence-electron chi connectivity index (χ1n) is 8.87. The van der Waals surface area contributed by atoms with Crippen molar-refractivity contribution in [3.8, 4) is 5.75 Å². The number of para-hydroxylation sites is 2. The van der Waals surface area contributed by atoms with Gasteiger partial charge in [-0.1, -0.05) is 31.9 Å². The largest absolute Gasteiger partial charge is 0.489 e. The molecule has 0 saturated carbocycles. The predicted molar refractivity (Wildman–Crippen MR) is 102 cm³/mol. The van der Waals surface area contributed by atoms with Crippen LogP contribution in [0.3, 0.4) is 0 Å². The SMILES string of the molecule is CCCCCNc1cc(C(=O)Nc2ccccc2OC(C)C)ccn1. The zero-order valence-corrected chi connectivity index (χ0v) is 15.2. The molecule has 5 nitrogen and oxygen atoms in total. The van der Waals surface area contributed by atoms with Gasteiger partial charge in [-0.3, -0.25) is 4.79 Å². The van der Waals surface area contributed by atoms with Gasteiger partial charge in [0.25, 0.3) is 5.91 Å². The topological polar surface area (TPSA) is 63.2 Å². The van der Waals surface area contributed by atoms with Gasteiger partial charge in [-0.25, -0.2) is 4.98 Å². The number of unbranched alkanes of at least 4 members (excludes halogenated alkanes) is 2. The zero-order chi connectivity index (χ0) is 18.1. The lowest BCUT2D eigenvalue weighted by atomic mass is 10.2. The number of hydrogen-bond donors (Lipinski definition) is 2. The van der Waals surface area contributed by atoms with E-state index in [0.717, 1.165) is 18.8 Å². The molecule has 134 valence electrons. The molecule has 0 saturated heterocycles. The summed E-state index contributed by atoms with van der Waals surface area (Å²) in [6.45, 7) is 6.94. The summed E-state index contributed by atoms with van der Waals surface area (Å²) in [5.74, 6) is 1.20. The summed E-state index contributed by atoms with van der Waals surface area (Å²) in [6, 6.07) is 10.9. The van der Waals surface area contributed by atoms with Crippen molar-refractivity contribution in [2.24, 2.45) is 0 Å². The summed E-state index contributed by atoms with van der Waals surface area (Å²) in [6.07, 6.45) is 5.13. The van der Waals surface area contributed by atoms with Crippen molar-refractivity contribution in [2.45, 2.75) is 46.1 Å². The number of nitrogens with one attached hydrogen (secondary N) is 2. The Morgan fingerprint density at radius 2 is 2.00 bits per heavy atom. The molecule has 0 aliphatic rings. The highest BCUT2D eigenvalue weighted by atomic mass is 16.5. The van der Waals surface area contributed by atoms with Gasteiger partial charge in [-0.2, -0.15) is 0 Å². The fourth-order valence-corrected chi connectivity index (χ4v) is 2.38. The second kappa shape index (κ2) is 9.67. The molecule has 2 aromatic rings. The molecular weight excluding hydrogens is 314 g/mol. The molecule has 0 spiro atoms. The summed E-state index contributed by atoms with van der Waals surface area (Å²) in [7, 11) is 0. The summed E-state index contributed by atoms with van der Waals surface area (Å²) in [5, 5.41) is 6.18. The lowest BCUT2D eigenvalue weighted by molar-refractivity contribution is 0.102. The fourth-order valence-electron chi connectivity index (χ4n) is 2.38. The summed E-state index contributed by atoms with van der Waals surface area (Å²) in [5.41, 5.74) is 1.22. The van der Waals surface area contributed by atoms with Crippen molar-refractivity contribution >= 4 is 17.4 Å². The number of carbonyl (C=O) groups is 1. The van der Waals surface area contributed by atoms with Crippen LogP contribution in [-0.4, -0.2) is 23.5 Å². The van der Waals surface area contributed by atoms with Crippen LogP contribution in [0, 0.1) is 0 Å². The van der Waals surface area contributed by atoms with Crippen LogP contribution in [0.25, 0.3) is 0 Å². The van der Waals surface area contributed by atoms with E-state index in [1.165, 1.54) is 12.8 Å². The number of ether oxygens (including phenoxy) is 1. The molecule has 0 aliphatic heterocycles. The van der Waals surface area contributed by atoms with Gasteiger partial charge >= 0.3 is 0 Å². The van der Waals surface area contributed by atoms with Gasteiger partial charge in [-0.05, 0) is 44.5 Å². The average molecular weight is 341 g/mol. The van der Waals surface area contributed by atoms with Gasteiger partial charge in [0.05, 0.1) is 11.8 Å². The maximum absolute atomic E-state index is 12.6. The molecule has 0 unspecified atom stereocenters. The van der Waals surface area contributed by atoms with Crippen LogP contribution in [0.15, 0.2) is 42.6 Å². The Morgan fingerprint density at radius 3 is 2.76 bits per heavy atom. The Hall–Kier alpha value is -2.56. The van der Waals surface area contributed by atoms with Crippen molar-refractivity contribution in [3.63, 3.8) is 0 Å². The average Bonchev–Trinajstić information content (AvgIpc) is 2.60. The van der Waals surface area contributed by atoms with Crippen LogP contribution in [-0.2, 0) is 0 Å². The number of rotatable bonds is 9. The summed E-state index contributed by atoms with van der Waals surface area (Å²) >= 11 is 0. The zero-order valence-electron chi connectivity index (χ0n) is 15.2. The number of carbonyl (C=O) groups excluding carboxylic acids is 1. The molecule has 0 bridgehead atoms. The van der Waals surface area contributed by atoms with Crippen molar-refractivity contribution in [1.82, 2.24) is 4.98 Å². The number of aromatic nitrogens is 1. The molecular formula is C20H27N3O2. The van der Waals surface area contributed by atoms with Crippen LogP contribution in [0.4, 0.5) is 11.5 Å². The van der Waals surface area contributed by atoms with Gasteiger partial charge in [-0.15, -0.1) is 0 Å². The second-order valence-corrected chi connectivity index (χ2v) is 6.18. The van der Waals surface area contributed by atoms with Gasteiger partial charge in [0.2, 0.25) is 0 Å². The van der Waals surface area contributed by atoms with E-state index in [-0.39, 0.29) is 12.0 Å². The molecule has 1 amide bonds. The van der Waals surface area contributed by atoms with E-state index in [0.29, 0.717) is 17.0 Å². The van der Waals surface area contributed by atoms with Crippen LogP contribution in [0.5, 0.6) is 5.75 Å². The quantitative estimate of drug-likeness (QED) is 0.648. The van der Waals surface area contributed by atoms with Crippen LogP contribution in [0.1, 0.15) is 50.4 Å². The van der Waals surface area contributed by atoms with E-state index in [2.05, 4.69) is 22.5 Å². The van der Waals surface area contributed by atoms with Crippen LogP contribution < -0.4 is 15.4 Å². The molecule has 5 heteroatoms. The third-order valence-electron chi connectivity index (χ3n) is 3.61. The number of hydrogen-bond acceptors (Lipinski definition) is 4.